The SMILES string of the molecule is CC(C)C[C@H]([NH3+])c1nnc(S(=O)(=O)Cc2ccccc2Cl)o1. The Morgan fingerprint density at radius 2 is 1.95 bits per heavy atom. The highest BCUT2D eigenvalue weighted by Gasteiger charge is 2.27. The molecule has 22 heavy (non-hydrogen) atoms. The maximum atomic E-state index is 12.3. The summed E-state index contributed by atoms with van der Waals surface area (Å²) in [5, 5.41) is 7.46. The molecule has 0 aliphatic carbocycles. The number of nitrogens with zero attached hydrogens (tertiary/aromatic N) is 2. The zero-order valence-electron chi connectivity index (χ0n) is 12.5. The number of benzene rings is 1. The zero-order chi connectivity index (χ0) is 16.3. The molecule has 3 N–H and O–H groups in total. The van der Waals surface area contributed by atoms with Crippen LogP contribution in [0.25, 0.3) is 0 Å². The number of rotatable bonds is 6. The van der Waals surface area contributed by atoms with E-state index in [4.69, 9.17) is 16.0 Å². The third-order valence-electron chi connectivity index (χ3n) is 3.10. The molecule has 0 saturated heterocycles. The number of quaternary nitrogens is 1. The van der Waals surface area contributed by atoms with Gasteiger partial charge >= 0.3 is 5.22 Å². The van der Waals surface area contributed by atoms with E-state index in [2.05, 4.69) is 15.9 Å². The first kappa shape index (κ1) is 16.9. The van der Waals surface area contributed by atoms with Gasteiger partial charge in [0.05, 0.1) is 5.75 Å². The van der Waals surface area contributed by atoms with E-state index in [0.717, 1.165) is 6.42 Å². The quantitative estimate of drug-likeness (QED) is 0.863. The lowest BCUT2D eigenvalue weighted by atomic mass is 10.1. The monoisotopic (exact) mass is 344 g/mol. The smallest absolute Gasteiger partial charge is 0.336 e. The van der Waals surface area contributed by atoms with Gasteiger partial charge in [-0.3, -0.25) is 0 Å². The molecule has 0 radical (unpaired) electrons. The summed E-state index contributed by atoms with van der Waals surface area (Å²) in [5.41, 5.74) is 4.43. The minimum absolute atomic E-state index is 0.225. The molecule has 0 bridgehead atoms. The van der Waals surface area contributed by atoms with Gasteiger partial charge in [-0.2, -0.15) is 0 Å². The number of halogens is 1. The van der Waals surface area contributed by atoms with Gasteiger partial charge < -0.3 is 10.2 Å². The summed E-state index contributed by atoms with van der Waals surface area (Å²) >= 11 is 5.99. The number of aromatic nitrogens is 2. The first-order chi connectivity index (χ1) is 10.3. The molecule has 0 unspecified atom stereocenters. The summed E-state index contributed by atoms with van der Waals surface area (Å²) in [6.07, 6.45) is 0.742. The van der Waals surface area contributed by atoms with Crippen molar-refractivity contribution in [3.8, 4) is 0 Å². The number of sulfone groups is 1. The first-order valence-corrected chi connectivity index (χ1v) is 8.95. The highest BCUT2D eigenvalue weighted by Crippen LogP contribution is 2.23. The molecule has 1 heterocycles. The van der Waals surface area contributed by atoms with Crippen molar-refractivity contribution in [3.05, 3.63) is 40.7 Å². The average molecular weight is 345 g/mol. The molecule has 1 atom stereocenters. The van der Waals surface area contributed by atoms with E-state index in [1.54, 1.807) is 24.3 Å². The minimum Gasteiger partial charge on any atom is -0.406 e. The lowest BCUT2D eigenvalue weighted by Crippen LogP contribution is -2.54. The molecule has 8 heteroatoms. The fourth-order valence-electron chi connectivity index (χ4n) is 2.06. The van der Waals surface area contributed by atoms with Crippen LogP contribution in [-0.2, 0) is 15.6 Å². The van der Waals surface area contributed by atoms with Gasteiger partial charge in [0.15, 0.2) is 6.04 Å². The fourth-order valence-corrected chi connectivity index (χ4v) is 3.51. The Labute approximate surface area is 134 Å². The lowest BCUT2D eigenvalue weighted by Gasteiger charge is -2.06. The Bertz CT molecular complexity index is 743. The second-order valence-electron chi connectivity index (χ2n) is 5.58. The molecule has 0 aliphatic rings. The van der Waals surface area contributed by atoms with Crippen LogP contribution in [0.2, 0.25) is 5.02 Å². The van der Waals surface area contributed by atoms with E-state index < -0.39 is 9.84 Å². The Morgan fingerprint density at radius 3 is 2.59 bits per heavy atom. The van der Waals surface area contributed by atoms with E-state index in [9.17, 15) is 8.42 Å². The van der Waals surface area contributed by atoms with Gasteiger partial charge in [-0.1, -0.05) is 48.7 Å². The maximum Gasteiger partial charge on any atom is 0.336 e. The van der Waals surface area contributed by atoms with E-state index in [0.29, 0.717) is 16.5 Å². The second kappa shape index (κ2) is 6.76. The molecule has 1 aromatic carbocycles. The van der Waals surface area contributed by atoms with Crippen LogP contribution in [0.1, 0.15) is 37.8 Å². The van der Waals surface area contributed by atoms with Crippen LogP contribution in [0.5, 0.6) is 0 Å². The van der Waals surface area contributed by atoms with Crippen molar-refractivity contribution < 1.29 is 18.6 Å². The predicted octanol–water partition coefficient (Wildman–Crippen LogP) is 2.03. The van der Waals surface area contributed by atoms with E-state index in [1.807, 2.05) is 13.8 Å². The molecule has 2 rings (SSSR count). The van der Waals surface area contributed by atoms with Crippen molar-refractivity contribution >= 4 is 21.4 Å². The number of hydrogen-bond donors (Lipinski definition) is 1. The molecule has 0 spiro atoms. The van der Waals surface area contributed by atoms with Gasteiger partial charge in [-0.05, 0) is 17.5 Å². The fraction of sp³-hybridized carbons (Fsp3) is 0.429. The van der Waals surface area contributed by atoms with Crippen molar-refractivity contribution in [2.24, 2.45) is 5.92 Å². The van der Waals surface area contributed by atoms with Crippen molar-refractivity contribution in [2.75, 3.05) is 0 Å². The summed E-state index contributed by atoms with van der Waals surface area (Å²) in [6, 6.07) is 6.53. The van der Waals surface area contributed by atoms with E-state index in [-0.39, 0.29) is 22.9 Å². The van der Waals surface area contributed by atoms with Gasteiger partial charge in [0.1, 0.15) is 0 Å². The third kappa shape index (κ3) is 4.06. The van der Waals surface area contributed by atoms with Crippen molar-refractivity contribution in [3.63, 3.8) is 0 Å². The molecule has 120 valence electrons. The summed E-state index contributed by atoms with van der Waals surface area (Å²) in [4.78, 5) is 0. The normalized spacial score (nSPS) is 13.5. The summed E-state index contributed by atoms with van der Waals surface area (Å²) < 4.78 is 30.0. The minimum atomic E-state index is -3.73. The molecular weight excluding hydrogens is 326 g/mol. The maximum absolute atomic E-state index is 12.3. The highest BCUT2D eigenvalue weighted by atomic mass is 35.5. The Kier molecular flexibility index (Phi) is 5.20. The van der Waals surface area contributed by atoms with E-state index in [1.165, 1.54) is 0 Å². The molecular formula is C14H19ClN3O3S+. The van der Waals surface area contributed by atoms with Crippen molar-refractivity contribution in [1.82, 2.24) is 10.2 Å². The van der Waals surface area contributed by atoms with Crippen LogP contribution < -0.4 is 5.73 Å². The summed E-state index contributed by atoms with van der Waals surface area (Å²) in [7, 11) is -3.73. The van der Waals surface area contributed by atoms with Gasteiger partial charge in [-0.25, -0.2) is 8.42 Å². The molecule has 1 aromatic heterocycles. The molecule has 6 nitrogen and oxygen atoms in total. The average Bonchev–Trinajstić information content (AvgIpc) is 2.91. The predicted molar refractivity (Wildman–Crippen MR) is 81.7 cm³/mol. The Balaban J connectivity index is 2.20. The largest absolute Gasteiger partial charge is 0.406 e. The van der Waals surface area contributed by atoms with Crippen LogP contribution in [0.15, 0.2) is 33.9 Å². The Hall–Kier alpha value is -1.44. The topological polar surface area (TPSA) is 101 Å². The standard InChI is InChI=1S/C14H18ClN3O3S/c1-9(2)7-12(16)13-17-18-14(21-13)22(19,20)8-10-5-3-4-6-11(10)15/h3-6,9,12H,7-8,16H2,1-2H3/p+1/t12-/m0/s1. The van der Waals surface area contributed by atoms with Crippen LogP contribution in [0, 0.1) is 5.92 Å². The summed E-state index contributed by atoms with van der Waals surface area (Å²) in [6.45, 7) is 4.09. The molecule has 0 amide bonds. The van der Waals surface area contributed by atoms with Gasteiger partial charge in [0.25, 0.3) is 5.89 Å². The van der Waals surface area contributed by atoms with Crippen molar-refractivity contribution in [1.29, 1.82) is 0 Å². The van der Waals surface area contributed by atoms with Gasteiger partial charge in [0, 0.05) is 11.4 Å². The van der Waals surface area contributed by atoms with Crippen LogP contribution >= 0.6 is 11.6 Å². The van der Waals surface area contributed by atoms with Crippen LogP contribution in [0.4, 0.5) is 0 Å². The first-order valence-electron chi connectivity index (χ1n) is 6.92. The summed E-state index contributed by atoms with van der Waals surface area (Å²) in [5.74, 6) is 0.365. The molecule has 0 aliphatic heterocycles. The Morgan fingerprint density at radius 1 is 1.27 bits per heavy atom. The number of hydrogen-bond acceptors (Lipinski definition) is 5. The lowest BCUT2D eigenvalue weighted by molar-refractivity contribution is -0.435. The van der Waals surface area contributed by atoms with Crippen LogP contribution in [-0.4, -0.2) is 18.6 Å². The van der Waals surface area contributed by atoms with Gasteiger partial charge in [-0.15, -0.1) is 5.10 Å². The molecule has 0 saturated carbocycles. The third-order valence-corrected chi connectivity index (χ3v) is 4.85. The molecule has 2 aromatic rings. The van der Waals surface area contributed by atoms with Gasteiger partial charge in [0.2, 0.25) is 9.84 Å². The second-order valence-corrected chi connectivity index (χ2v) is 7.86. The van der Waals surface area contributed by atoms with Crippen LogP contribution in [0.3, 0.4) is 0 Å². The van der Waals surface area contributed by atoms with E-state index >= 15 is 0 Å². The highest BCUT2D eigenvalue weighted by molar-refractivity contribution is 7.90. The van der Waals surface area contributed by atoms with Crippen molar-refractivity contribution in [2.45, 2.75) is 37.3 Å². The zero-order valence-corrected chi connectivity index (χ0v) is 14.1. The molecule has 0 fully saturated rings.